The molecule has 0 atom stereocenters. The number of ether oxygens (including phenoxy) is 5. The number of Topliss-reactive ketones (excluding diaryl/α,β-unsaturated/α-hetero) is 1. The molecule has 10 rings (SSSR count). The van der Waals surface area contributed by atoms with E-state index in [2.05, 4.69) is 0 Å². The minimum absolute atomic E-state index is 0.0785. The molecule has 1 aliphatic rings. The van der Waals surface area contributed by atoms with Crippen LogP contribution in [0.5, 0.6) is 5.75 Å². The molecule has 0 aromatic heterocycles. The van der Waals surface area contributed by atoms with Gasteiger partial charge in [-0.2, -0.15) is 0 Å². The molecule has 9 aromatic carbocycles. The highest BCUT2D eigenvalue weighted by Crippen LogP contribution is 2.35. The van der Waals surface area contributed by atoms with Crippen LogP contribution >= 0.6 is 0 Å². The van der Waals surface area contributed by atoms with Gasteiger partial charge in [0.1, 0.15) is 93.8 Å². The highest BCUT2D eigenvalue weighted by Gasteiger charge is 2.33. The van der Waals surface area contributed by atoms with Crippen molar-refractivity contribution in [2.75, 3.05) is 48.1 Å². The van der Waals surface area contributed by atoms with Crippen molar-refractivity contribution in [1.82, 2.24) is 0 Å². The molecule has 0 aliphatic heterocycles. The van der Waals surface area contributed by atoms with Crippen molar-refractivity contribution in [3.8, 4) is 39.1 Å². The van der Waals surface area contributed by atoms with Crippen LogP contribution in [0.25, 0.3) is 33.4 Å². The monoisotopic (exact) mass is 1450 g/mol. The Hall–Kier alpha value is -11.7. The maximum atomic E-state index is 14.5. The van der Waals surface area contributed by atoms with Crippen LogP contribution in [0.4, 0.5) is 43.4 Å². The zero-order chi connectivity index (χ0) is 77.5. The number of halogens is 6. The Balaban J connectivity index is 0.000000201. The summed E-state index contributed by atoms with van der Waals surface area (Å²) in [6, 6.07) is 48.0. The van der Waals surface area contributed by atoms with Gasteiger partial charge in [0.2, 0.25) is 0 Å². The number of aryl methyl sites for hydroxylation is 2. The fourth-order valence-corrected chi connectivity index (χ4v) is 11.3. The summed E-state index contributed by atoms with van der Waals surface area (Å²) in [6.45, 7) is 17.5. The lowest BCUT2D eigenvalue weighted by molar-refractivity contribution is -0.154. The molecule has 0 unspecified atom stereocenters. The standard InChI is InChI=1S/C29H29F2NO5.C28H25F2NO4.C27H27F2NO4/c1-5-36-25(33)16-19-12-14-20(15-13-19)21-8-6-9-22(17-21)32(18-26(34)37-29(2,3)4)28(35)27-23(30)10-7-11-24(27)31;1-28(2,3)35-25(33)16-31(27(34)26-22(29)8-5-9-23(26)30)20-7-4-6-18(14-20)19-11-10-17-12-13-24(32)21(17)15-19;1-17-14-19(12-13-23(17)33-5)18-8-6-9-20(15-18)30(16-24(31)34-27(2,3)4)26(32)25-21(28)10-7-11-22(25)29/h6-15,17H,5,16,18H2,1-4H3;4-11,14-15H,12-13,16H2,1-3H3;6-15H,16H2,1-5H3. The second kappa shape index (κ2) is 34.7. The number of rotatable bonds is 19. The van der Waals surface area contributed by atoms with Crippen LogP contribution in [0.15, 0.2) is 188 Å². The summed E-state index contributed by atoms with van der Waals surface area (Å²) in [5.41, 5.74) is 3.97. The number of hydrogen-bond donors (Lipinski definition) is 0. The third-order valence-electron chi connectivity index (χ3n) is 15.9. The minimum atomic E-state index is -1.03. The first-order valence-electron chi connectivity index (χ1n) is 33.8. The molecular weight excluding hydrogens is 1370 g/mol. The molecule has 0 saturated carbocycles. The van der Waals surface area contributed by atoms with Crippen LogP contribution in [0, 0.1) is 41.8 Å². The van der Waals surface area contributed by atoms with Crippen LogP contribution in [0.3, 0.4) is 0 Å². The van der Waals surface area contributed by atoms with E-state index in [1.54, 1.807) is 161 Å². The molecule has 3 amide bonds. The van der Waals surface area contributed by atoms with Gasteiger partial charge in [-0.25, -0.2) is 26.3 Å². The molecule has 22 heteroatoms. The van der Waals surface area contributed by atoms with Gasteiger partial charge in [0.25, 0.3) is 17.7 Å². The summed E-state index contributed by atoms with van der Waals surface area (Å²) >= 11 is 0. The Morgan fingerprint density at radius 2 is 0.726 bits per heavy atom. The normalized spacial score (nSPS) is 11.7. The van der Waals surface area contributed by atoms with E-state index in [0.717, 1.165) is 108 Å². The van der Waals surface area contributed by atoms with Gasteiger partial charge < -0.3 is 23.7 Å². The number of benzene rings is 9. The summed E-state index contributed by atoms with van der Waals surface area (Å²) in [7, 11) is 1.59. The molecule has 0 saturated heterocycles. The summed E-state index contributed by atoms with van der Waals surface area (Å²) < 4.78 is 113. The summed E-state index contributed by atoms with van der Waals surface area (Å²) in [5.74, 6) is -10.8. The van der Waals surface area contributed by atoms with Gasteiger partial charge >= 0.3 is 23.9 Å². The third kappa shape index (κ3) is 21.5. The van der Waals surface area contributed by atoms with Crippen LogP contribution in [-0.2, 0) is 51.0 Å². The van der Waals surface area contributed by atoms with E-state index in [1.807, 2.05) is 55.5 Å². The SMILES string of the molecule is CC(C)(C)OC(=O)CN(C(=O)c1c(F)cccc1F)c1cccc(-c2ccc3c(c2)C(=O)CC3)c1.CCOC(=O)Cc1ccc(-c2cccc(N(CC(=O)OC(C)(C)C)C(=O)c3c(F)cccc3F)c2)cc1.COc1ccc(-c2cccc(N(CC(=O)OC(C)(C)C)C(=O)c3c(F)cccc3F)c2)cc1C. The average molecular weight is 1450 g/mol. The molecule has 0 fully saturated rings. The van der Waals surface area contributed by atoms with E-state index in [1.165, 1.54) is 6.07 Å². The number of ketones is 1. The lowest BCUT2D eigenvalue weighted by atomic mass is 9.99. The van der Waals surface area contributed by atoms with E-state index in [4.69, 9.17) is 23.7 Å². The minimum Gasteiger partial charge on any atom is -0.496 e. The second-order valence-electron chi connectivity index (χ2n) is 27.5. The van der Waals surface area contributed by atoms with Crippen LogP contribution in [-0.4, -0.2) is 97.5 Å². The largest absolute Gasteiger partial charge is 0.496 e. The number of fused-ring (bicyclic) bond motifs is 1. The van der Waals surface area contributed by atoms with E-state index >= 15 is 0 Å². The summed E-state index contributed by atoms with van der Waals surface area (Å²) in [6.07, 6.45) is 1.33. The molecule has 1 aliphatic carbocycles. The molecule has 552 valence electrons. The molecule has 0 radical (unpaired) electrons. The van der Waals surface area contributed by atoms with Crippen molar-refractivity contribution in [1.29, 1.82) is 0 Å². The second-order valence-corrected chi connectivity index (χ2v) is 27.5. The van der Waals surface area contributed by atoms with Crippen molar-refractivity contribution in [3.05, 3.63) is 262 Å². The molecule has 0 heterocycles. The van der Waals surface area contributed by atoms with Crippen molar-refractivity contribution in [2.45, 2.75) is 112 Å². The van der Waals surface area contributed by atoms with Crippen molar-refractivity contribution >= 4 is 64.4 Å². The average Bonchev–Trinajstić information content (AvgIpc) is 1.11. The predicted octanol–water partition coefficient (Wildman–Crippen LogP) is 17.4. The van der Waals surface area contributed by atoms with Crippen LogP contribution in [0.1, 0.15) is 134 Å². The third-order valence-corrected chi connectivity index (χ3v) is 15.9. The zero-order valence-electron chi connectivity index (χ0n) is 60.8. The molecule has 0 N–H and O–H groups in total. The summed E-state index contributed by atoms with van der Waals surface area (Å²) in [4.78, 5) is 105. The molecule has 0 spiro atoms. The number of nitrogens with zero attached hydrogens (tertiary/aromatic N) is 3. The van der Waals surface area contributed by atoms with Gasteiger partial charge in [0.15, 0.2) is 5.78 Å². The van der Waals surface area contributed by atoms with Crippen molar-refractivity contribution < 1.29 is 88.4 Å². The van der Waals surface area contributed by atoms with Crippen molar-refractivity contribution in [3.63, 3.8) is 0 Å². The van der Waals surface area contributed by atoms with Gasteiger partial charge in [-0.3, -0.25) is 53.1 Å². The Bertz CT molecular complexity index is 4710. The van der Waals surface area contributed by atoms with E-state index in [9.17, 15) is 64.7 Å². The maximum Gasteiger partial charge on any atom is 0.326 e. The first-order chi connectivity index (χ1) is 50.0. The Morgan fingerprint density at radius 3 is 1.08 bits per heavy atom. The number of methoxy groups -OCH3 is 1. The quantitative estimate of drug-likeness (QED) is 0.0422. The van der Waals surface area contributed by atoms with Gasteiger partial charge in [-0.1, -0.05) is 97.1 Å². The lowest BCUT2D eigenvalue weighted by Gasteiger charge is -2.26. The number of esters is 4. The smallest absolute Gasteiger partial charge is 0.326 e. The number of amides is 3. The van der Waals surface area contributed by atoms with Gasteiger partial charge in [-0.15, -0.1) is 0 Å². The first kappa shape index (κ1) is 80.0. The first-order valence-corrected chi connectivity index (χ1v) is 33.8. The Kier molecular flexibility index (Phi) is 26.2. The van der Waals surface area contributed by atoms with Crippen molar-refractivity contribution in [2.24, 2.45) is 0 Å². The molecule has 0 bridgehead atoms. The Labute approximate surface area is 611 Å². The van der Waals surface area contributed by atoms with Gasteiger partial charge in [0, 0.05) is 29.0 Å². The fourth-order valence-electron chi connectivity index (χ4n) is 11.3. The molecular formula is C84H81F6N3O13. The number of carbonyl (C=O) groups excluding carboxylic acids is 8. The van der Waals surface area contributed by atoms with E-state index in [-0.39, 0.29) is 29.5 Å². The van der Waals surface area contributed by atoms with Gasteiger partial charge in [0.05, 0.1) is 20.1 Å². The van der Waals surface area contributed by atoms with Crippen LogP contribution in [0.2, 0.25) is 0 Å². The highest BCUT2D eigenvalue weighted by molar-refractivity contribution is 6.11. The number of carbonyl (C=O) groups is 8. The molecule has 16 nitrogen and oxygen atoms in total. The van der Waals surface area contributed by atoms with E-state index in [0.29, 0.717) is 41.8 Å². The fraction of sp³-hybridized carbons (Fsp3) is 0.262. The highest BCUT2D eigenvalue weighted by atomic mass is 19.2. The zero-order valence-corrected chi connectivity index (χ0v) is 60.8. The maximum absolute atomic E-state index is 14.5. The topological polar surface area (TPSA) is 192 Å². The summed E-state index contributed by atoms with van der Waals surface area (Å²) in [5, 5.41) is 0. The lowest BCUT2D eigenvalue weighted by Crippen LogP contribution is -2.39. The Morgan fingerprint density at radius 1 is 0.396 bits per heavy atom. The van der Waals surface area contributed by atoms with Gasteiger partial charge in [-0.05, 0) is 224 Å². The predicted molar refractivity (Wildman–Crippen MR) is 392 cm³/mol. The number of anilines is 3. The van der Waals surface area contributed by atoms with E-state index < -0.39 is 124 Å². The molecule has 9 aromatic rings. The molecule has 106 heavy (non-hydrogen) atoms. The number of hydrogen-bond acceptors (Lipinski definition) is 13. The van der Waals surface area contributed by atoms with Crippen LogP contribution < -0.4 is 19.4 Å².